The number of rotatable bonds is 6. The molecule has 0 spiro atoms. The molecule has 4 unspecified atom stereocenters. The Balaban J connectivity index is 2.44. The van der Waals surface area contributed by atoms with Gasteiger partial charge < -0.3 is 9.47 Å². The topological polar surface area (TPSA) is 52.6 Å². The fraction of sp³-hybridized carbons (Fsp3) is 0.789. The van der Waals surface area contributed by atoms with Crippen LogP contribution in [0.4, 0.5) is 0 Å². The molecule has 2 bridgehead atoms. The Hall–Kier alpha value is -1.32. The van der Waals surface area contributed by atoms with Gasteiger partial charge in [0.15, 0.2) is 0 Å². The lowest BCUT2D eigenvalue weighted by Gasteiger charge is -2.46. The summed E-state index contributed by atoms with van der Waals surface area (Å²) in [4.78, 5) is 25.8. The van der Waals surface area contributed by atoms with Crippen molar-refractivity contribution in [3.63, 3.8) is 0 Å². The average molecular weight is 322 g/mol. The lowest BCUT2D eigenvalue weighted by molar-refractivity contribution is -0.181. The van der Waals surface area contributed by atoms with Gasteiger partial charge in [-0.1, -0.05) is 25.0 Å². The Morgan fingerprint density at radius 1 is 0.913 bits per heavy atom. The molecule has 0 heterocycles. The summed E-state index contributed by atoms with van der Waals surface area (Å²) >= 11 is 0. The van der Waals surface area contributed by atoms with Crippen molar-refractivity contribution in [1.29, 1.82) is 0 Å². The molecule has 0 amide bonds. The highest BCUT2D eigenvalue weighted by Crippen LogP contribution is 2.68. The van der Waals surface area contributed by atoms with Gasteiger partial charge in [0.1, 0.15) is 0 Å². The Morgan fingerprint density at radius 3 is 1.57 bits per heavy atom. The monoisotopic (exact) mass is 322 g/mol. The fourth-order valence-electron chi connectivity index (χ4n) is 4.60. The Bertz CT molecular complexity index is 489. The molecular weight excluding hydrogens is 292 g/mol. The van der Waals surface area contributed by atoms with E-state index >= 15 is 0 Å². The van der Waals surface area contributed by atoms with Crippen LogP contribution >= 0.6 is 0 Å². The number of carbonyl (C=O) groups is 2. The van der Waals surface area contributed by atoms with Gasteiger partial charge in [0.25, 0.3) is 0 Å². The van der Waals surface area contributed by atoms with Gasteiger partial charge in [-0.15, -0.1) is 0 Å². The standard InChI is InChI=1S/C19H30O4/c1-7-9-22-16(20)18(5)14-11-15(13(4)12(14)3)19(18,6)17(21)23-10-8-2/h14-15H,7-11H2,1-6H3. The summed E-state index contributed by atoms with van der Waals surface area (Å²) in [6.07, 6.45) is 2.40. The lowest BCUT2D eigenvalue weighted by atomic mass is 9.56. The third kappa shape index (κ3) is 2.33. The molecule has 4 heteroatoms. The van der Waals surface area contributed by atoms with Crippen LogP contribution in [0.3, 0.4) is 0 Å². The van der Waals surface area contributed by atoms with Gasteiger partial charge in [0.05, 0.1) is 24.0 Å². The SMILES string of the molecule is CCCOC(=O)C1(C)C2CC(C(C)=C2C)C1(C)C(=O)OCCC. The maximum absolute atomic E-state index is 12.9. The van der Waals surface area contributed by atoms with E-state index < -0.39 is 10.8 Å². The molecule has 1 fully saturated rings. The first kappa shape index (κ1) is 18.0. The van der Waals surface area contributed by atoms with E-state index in [4.69, 9.17) is 9.47 Å². The maximum atomic E-state index is 12.9. The fourth-order valence-corrected chi connectivity index (χ4v) is 4.60. The first-order valence-corrected chi connectivity index (χ1v) is 8.78. The van der Waals surface area contributed by atoms with Crippen molar-refractivity contribution in [2.45, 2.75) is 60.8 Å². The van der Waals surface area contributed by atoms with Crippen LogP contribution in [0.5, 0.6) is 0 Å². The molecule has 0 radical (unpaired) electrons. The van der Waals surface area contributed by atoms with Crippen molar-refractivity contribution in [3.8, 4) is 0 Å². The van der Waals surface area contributed by atoms with E-state index in [9.17, 15) is 9.59 Å². The van der Waals surface area contributed by atoms with Crippen LogP contribution in [-0.4, -0.2) is 25.2 Å². The van der Waals surface area contributed by atoms with E-state index in [1.165, 1.54) is 11.1 Å². The second-order valence-electron chi connectivity index (χ2n) is 7.38. The van der Waals surface area contributed by atoms with E-state index in [0.717, 1.165) is 19.3 Å². The van der Waals surface area contributed by atoms with Gasteiger partial charge >= 0.3 is 11.9 Å². The minimum Gasteiger partial charge on any atom is -0.465 e. The lowest BCUT2D eigenvalue weighted by Crippen LogP contribution is -2.54. The van der Waals surface area contributed by atoms with Crippen LogP contribution in [-0.2, 0) is 19.1 Å². The second-order valence-corrected chi connectivity index (χ2v) is 7.38. The van der Waals surface area contributed by atoms with Gasteiger partial charge in [-0.25, -0.2) is 0 Å². The molecule has 130 valence electrons. The summed E-state index contributed by atoms with van der Waals surface area (Å²) < 4.78 is 11.0. The van der Waals surface area contributed by atoms with Crippen LogP contribution in [0, 0.1) is 22.7 Å². The van der Waals surface area contributed by atoms with Crippen LogP contribution < -0.4 is 0 Å². The van der Waals surface area contributed by atoms with Crippen molar-refractivity contribution in [2.75, 3.05) is 13.2 Å². The Morgan fingerprint density at radius 2 is 1.26 bits per heavy atom. The molecular formula is C19H30O4. The van der Waals surface area contributed by atoms with Gasteiger partial charge in [0.2, 0.25) is 0 Å². The van der Waals surface area contributed by atoms with Crippen molar-refractivity contribution >= 4 is 11.9 Å². The summed E-state index contributed by atoms with van der Waals surface area (Å²) in [6, 6.07) is 0. The normalized spacial score (nSPS) is 35.6. The summed E-state index contributed by atoms with van der Waals surface area (Å²) in [7, 11) is 0. The molecule has 0 aromatic heterocycles. The molecule has 2 aliphatic rings. The van der Waals surface area contributed by atoms with Crippen molar-refractivity contribution in [3.05, 3.63) is 11.1 Å². The number of allylic oxidation sites excluding steroid dienone is 2. The quantitative estimate of drug-likeness (QED) is 0.550. The van der Waals surface area contributed by atoms with Crippen LogP contribution in [0.15, 0.2) is 11.1 Å². The highest BCUT2D eigenvalue weighted by atomic mass is 16.5. The minimum atomic E-state index is -0.846. The van der Waals surface area contributed by atoms with Crippen molar-refractivity contribution < 1.29 is 19.1 Å². The molecule has 23 heavy (non-hydrogen) atoms. The largest absolute Gasteiger partial charge is 0.465 e. The highest BCUT2D eigenvalue weighted by Gasteiger charge is 2.72. The zero-order valence-electron chi connectivity index (χ0n) is 15.3. The van der Waals surface area contributed by atoms with Crippen LogP contribution in [0.1, 0.15) is 60.8 Å². The van der Waals surface area contributed by atoms with Crippen molar-refractivity contribution in [2.24, 2.45) is 22.7 Å². The number of hydrogen-bond acceptors (Lipinski definition) is 4. The Kier molecular flexibility index (Phi) is 4.93. The predicted octanol–water partition coefficient (Wildman–Crippen LogP) is 3.89. The number of fused-ring (bicyclic) bond motifs is 2. The number of carbonyl (C=O) groups excluding carboxylic acids is 2. The summed E-state index contributed by atoms with van der Waals surface area (Å²) in [5, 5.41) is 0. The van der Waals surface area contributed by atoms with Gasteiger partial charge in [-0.3, -0.25) is 9.59 Å². The maximum Gasteiger partial charge on any atom is 0.313 e. The van der Waals surface area contributed by atoms with Gasteiger partial charge in [-0.05, 0) is 58.8 Å². The molecule has 0 aliphatic heterocycles. The summed E-state index contributed by atoms with van der Waals surface area (Å²) in [5.41, 5.74) is 0.793. The van der Waals surface area contributed by atoms with E-state index in [-0.39, 0.29) is 23.8 Å². The van der Waals surface area contributed by atoms with Gasteiger partial charge in [0, 0.05) is 0 Å². The van der Waals surface area contributed by atoms with E-state index in [1.807, 2.05) is 27.7 Å². The second kappa shape index (κ2) is 6.29. The number of esters is 2. The zero-order chi connectivity index (χ0) is 17.4. The average Bonchev–Trinajstić information content (AvgIpc) is 2.96. The number of ether oxygens (including phenoxy) is 2. The molecule has 0 N–H and O–H groups in total. The predicted molar refractivity (Wildman–Crippen MR) is 88.7 cm³/mol. The smallest absolute Gasteiger partial charge is 0.313 e. The third-order valence-corrected chi connectivity index (χ3v) is 6.33. The van der Waals surface area contributed by atoms with Crippen LogP contribution in [0.25, 0.3) is 0 Å². The first-order chi connectivity index (χ1) is 10.8. The number of hydrogen-bond donors (Lipinski definition) is 0. The first-order valence-electron chi connectivity index (χ1n) is 8.78. The van der Waals surface area contributed by atoms with Gasteiger partial charge in [-0.2, -0.15) is 0 Å². The Labute approximate surface area is 139 Å². The third-order valence-electron chi connectivity index (χ3n) is 6.33. The summed E-state index contributed by atoms with van der Waals surface area (Å²) in [6.45, 7) is 12.7. The molecule has 0 aromatic rings. The minimum absolute atomic E-state index is 0.0658. The molecule has 2 rings (SSSR count). The van der Waals surface area contributed by atoms with E-state index in [1.54, 1.807) is 0 Å². The molecule has 0 aromatic carbocycles. The molecule has 1 saturated carbocycles. The zero-order valence-corrected chi connectivity index (χ0v) is 15.3. The molecule has 2 aliphatic carbocycles. The van der Waals surface area contributed by atoms with E-state index in [0.29, 0.717) is 13.2 Å². The van der Waals surface area contributed by atoms with E-state index in [2.05, 4.69) is 13.8 Å². The van der Waals surface area contributed by atoms with Crippen molar-refractivity contribution in [1.82, 2.24) is 0 Å². The molecule has 4 nitrogen and oxygen atoms in total. The van der Waals surface area contributed by atoms with Crippen LogP contribution in [0.2, 0.25) is 0 Å². The summed E-state index contributed by atoms with van der Waals surface area (Å²) in [5.74, 6) is -0.378. The highest BCUT2D eigenvalue weighted by molar-refractivity contribution is 5.91. The molecule has 4 atom stereocenters. The molecule has 0 saturated heterocycles.